The third kappa shape index (κ3) is 5.68. The number of halogens is 3. The Labute approximate surface area is 129 Å². The van der Waals surface area contributed by atoms with E-state index in [9.17, 15) is 4.79 Å². The van der Waals surface area contributed by atoms with Gasteiger partial charge in [-0.15, -0.1) is 0 Å². The average Bonchev–Trinajstić information content (AvgIpc) is 2.33. The Morgan fingerprint density at radius 3 is 2.42 bits per heavy atom. The van der Waals surface area contributed by atoms with Gasteiger partial charge in [0.15, 0.2) is 0 Å². The number of hydrogen-bond acceptors (Lipinski definition) is 3. The highest BCUT2D eigenvalue weighted by molar-refractivity contribution is 9.10. The van der Waals surface area contributed by atoms with Crippen molar-refractivity contribution in [3.63, 3.8) is 0 Å². The molecule has 1 aromatic rings. The maximum absolute atomic E-state index is 11.9. The first-order valence-corrected chi connectivity index (χ1v) is 6.71. The normalized spacial score (nSPS) is 9.84. The minimum absolute atomic E-state index is 0.0574. The van der Waals surface area contributed by atoms with Crippen LogP contribution in [-0.2, 0) is 4.74 Å². The molecule has 0 saturated carbocycles. The van der Waals surface area contributed by atoms with Gasteiger partial charge in [0.25, 0.3) is 0 Å². The molecule has 0 radical (unpaired) electrons. The number of carbonyl (C=O) groups is 1. The highest BCUT2D eigenvalue weighted by Crippen LogP contribution is 2.25. The van der Waals surface area contributed by atoms with Gasteiger partial charge in [-0.3, -0.25) is 0 Å². The lowest BCUT2D eigenvalue weighted by atomic mass is 10.2. The molecule has 1 aromatic carbocycles. The van der Waals surface area contributed by atoms with Crippen LogP contribution >= 0.6 is 39.1 Å². The summed E-state index contributed by atoms with van der Waals surface area (Å²) in [6, 6.07) is 4.93. The van der Waals surface area contributed by atoms with Crippen LogP contribution in [-0.4, -0.2) is 19.2 Å². The zero-order valence-electron chi connectivity index (χ0n) is 9.92. The number of hydrogen-bond donors (Lipinski definition) is 0. The summed E-state index contributed by atoms with van der Waals surface area (Å²) in [5.41, 5.74) is 0.277. The minimum Gasteiger partial charge on any atom is -0.487 e. The second-order valence-corrected chi connectivity index (χ2v) is 5.52. The summed E-state index contributed by atoms with van der Waals surface area (Å²) in [5, 5.41) is 0.565. The van der Waals surface area contributed by atoms with Gasteiger partial charge >= 0.3 is 5.97 Å². The summed E-state index contributed by atoms with van der Waals surface area (Å²) < 4.78 is 11.1. The predicted molar refractivity (Wildman–Crippen MR) is 79.9 cm³/mol. The average molecular weight is 366 g/mol. The highest BCUT2D eigenvalue weighted by atomic mass is 79.9. The van der Waals surface area contributed by atoms with E-state index in [0.29, 0.717) is 10.8 Å². The summed E-state index contributed by atoms with van der Waals surface area (Å²) >= 11 is 14.5. The molecule has 6 heteroatoms. The largest absolute Gasteiger partial charge is 0.487 e. The molecule has 1 rings (SSSR count). The Kier molecular flexibility index (Phi) is 6.42. The molecule has 0 spiro atoms. The molecule has 0 aromatic heterocycles. The molecule has 0 aliphatic rings. The van der Waals surface area contributed by atoms with E-state index in [-0.39, 0.29) is 23.8 Å². The van der Waals surface area contributed by atoms with Gasteiger partial charge < -0.3 is 9.47 Å². The molecular formula is C13H11BrCl2O3. The molecule has 0 unspecified atom stereocenters. The van der Waals surface area contributed by atoms with E-state index in [1.807, 2.05) is 0 Å². The highest BCUT2D eigenvalue weighted by Gasteiger charge is 2.15. The molecule has 102 valence electrons. The summed E-state index contributed by atoms with van der Waals surface area (Å²) in [6.45, 7) is 6.99. The van der Waals surface area contributed by atoms with Crippen LogP contribution in [0.1, 0.15) is 10.4 Å². The molecule has 0 amide bonds. The first kappa shape index (κ1) is 16.1. The van der Waals surface area contributed by atoms with Gasteiger partial charge in [0, 0.05) is 14.5 Å². The van der Waals surface area contributed by atoms with Crippen LogP contribution in [0.5, 0.6) is 5.75 Å². The molecular weight excluding hydrogens is 355 g/mol. The topological polar surface area (TPSA) is 35.5 Å². The summed E-state index contributed by atoms with van der Waals surface area (Å²) in [6.07, 6.45) is 0. The number of esters is 1. The molecule has 0 saturated heterocycles. The smallest absolute Gasteiger partial charge is 0.342 e. The van der Waals surface area contributed by atoms with Crippen LogP contribution in [0.25, 0.3) is 0 Å². The first-order valence-electron chi connectivity index (χ1n) is 5.16. The Balaban J connectivity index is 2.88. The lowest BCUT2D eigenvalue weighted by Crippen LogP contribution is -2.09. The lowest BCUT2D eigenvalue weighted by molar-refractivity contribution is 0.0542. The number of rotatable bonds is 6. The molecule has 0 atom stereocenters. The van der Waals surface area contributed by atoms with Crippen molar-refractivity contribution in [1.29, 1.82) is 0 Å². The molecule has 0 bridgehead atoms. The second kappa shape index (κ2) is 7.58. The lowest BCUT2D eigenvalue weighted by Gasteiger charge is -2.11. The Bertz CT molecular complexity index is 515. The monoisotopic (exact) mass is 364 g/mol. The zero-order valence-corrected chi connectivity index (χ0v) is 13.0. The van der Waals surface area contributed by atoms with E-state index in [1.165, 1.54) is 0 Å². The van der Waals surface area contributed by atoms with Gasteiger partial charge in [-0.1, -0.05) is 52.3 Å². The van der Waals surface area contributed by atoms with Crippen molar-refractivity contribution < 1.29 is 14.3 Å². The van der Waals surface area contributed by atoms with Crippen LogP contribution in [0.3, 0.4) is 0 Å². The molecule has 0 aliphatic carbocycles. The quantitative estimate of drug-likeness (QED) is 0.696. The van der Waals surface area contributed by atoms with Crippen molar-refractivity contribution in [1.82, 2.24) is 0 Å². The van der Waals surface area contributed by atoms with E-state index in [0.717, 1.165) is 4.47 Å². The van der Waals surface area contributed by atoms with Crippen molar-refractivity contribution in [3.05, 3.63) is 51.5 Å². The van der Waals surface area contributed by atoms with Crippen LogP contribution < -0.4 is 4.74 Å². The summed E-state index contributed by atoms with van der Waals surface area (Å²) in [7, 11) is 0. The Morgan fingerprint density at radius 1 is 1.21 bits per heavy atom. The van der Waals surface area contributed by atoms with Gasteiger partial charge in [0.1, 0.15) is 24.5 Å². The van der Waals surface area contributed by atoms with Crippen LogP contribution in [0.2, 0.25) is 0 Å². The molecule has 19 heavy (non-hydrogen) atoms. The SMILES string of the molecule is C=C(Cl)COC(=O)c1ccc(Br)cc1OCC(=C)Cl. The van der Waals surface area contributed by atoms with Crippen LogP contribution in [0.15, 0.2) is 45.9 Å². The van der Waals surface area contributed by atoms with E-state index in [2.05, 4.69) is 29.1 Å². The van der Waals surface area contributed by atoms with E-state index >= 15 is 0 Å². The fraction of sp³-hybridized carbons (Fsp3) is 0.154. The zero-order chi connectivity index (χ0) is 14.4. The van der Waals surface area contributed by atoms with Gasteiger partial charge in [-0.25, -0.2) is 4.79 Å². The summed E-state index contributed by atoms with van der Waals surface area (Å²) in [5.74, 6) is -0.203. The van der Waals surface area contributed by atoms with Gasteiger partial charge in [-0.05, 0) is 18.2 Å². The van der Waals surface area contributed by atoms with Crippen molar-refractivity contribution in [3.8, 4) is 5.75 Å². The van der Waals surface area contributed by atoms with E-state index < -0.39 is 5.97 Å². The number of ether oxygens (including phenoxy) is 2. The molecule has 3 nitrogen and oxygen atoms in total. The molecule has 0 heterocycles. The standard InChI is InChI=1S/C13H11BrCl2O3/c1-8(15)6-18-12-5-10(14)3-4-11(12)13(17)19-7-9(2)16/h3-5H,1-2,6-7H2. The number of benzene rings is 1. The van der Waals surface area contributed by atoms with Crippen LogP contribution in [0.4, 0.5) is 0 Å². The fourth-order valence-electron chi connectivity index (χ4n) is 1.16. The molecule has 0 aliphatic heterocycles. The third-order valence-corrected chi connectivity index (χ3v) is 2.62. The maximum atomic E-state index is 11.9. The van der Waals surface area contributed by atoms with E-state index in [1.54, 1.807) is 18.2 Å². The predicted octanol–water partition coefficient (Wildman–Crippen LogP) is 4.49. The Morgan fingerprint density at radius 2 is 1.84 bits per heavy atom. The number of carbonyl (C=O) groups excluding carboxylic acids is 1. The summed E-state index contributed by atoms with van der Waals surface area (Å²) in [4.78, 5) is 11.9. The van der Waals surface area contributed by atoms with Gasteiger partial charge in [-0.2, -0.15) is 0 Å². The first-order chi connectivity index (χ1) is 8.90. The third-order valence-electron chi connectivity index (χ3n) is 1.91. The maximum Gasteiger partial charge on any atom is 0.342 e. The van der Waals surface area contributed by atoms with Crippen molar-refractivity contribution >= 4 is 45.1 Å². The van der Waals surface area contributed by atoms with Crippen LogP contribution in [0, 0.1) is 0 Å². The van der Waals surface area contributed by atoms with Crippen molar-refractivity contribution in [2.45, 2.75) is 0 Å². The van der Waals surface area contributed by atoms with Crippen molar-refractivity contribution in [2.75, 3.05) is 13.2 Å². The molecule has 0 fully saturated rings. The fourth-order valence-corrected chi connectivity index (χ4v) is 1.61. The van der Waals surface area contributed by atoms with Crippen molar-refractivity contribution in [2.24, 2.45) is 0 Å². The van der Waals surface area contributed by atoms with Gasteiger partial charge in [0.05, 0.1) is 0 Å². The second-order valence-electron chi connectivity index (χ2n) is 3.54. The Hall–Kier alpha value is -0.970. The van der Waals surface area contributed by atoms with E-state index in [4.69, 9.17) is 32.7 Å². The molecule has 0 N–H and O–H groups in total. The van der Waals surface area contributed by atoms with Gasteiger partial charge in [0.2, 0.25) is 0 Å². The minimum atomic E-state index is -0.551.